The Morgan fingerprint density at radius 1 is 1.53 bits per heavy atom. The highest BCUT2D eigenvalue weighted by Crippen LogP contribution is 2.25. The summed E-state index contributed by atoms with van der Waals surface area (Å²) < 4.78 is 18.1. The van der Waals surface area contributed by atoms with Gasteiger partial charge in [-0.15, -0.1) is 0 Å². The van der Waals surface area contributed by atoms with E-state index in [9.17, 15) is 19.6 Å². The number of aromatic nitrogens is 2. The van der Waals surface area contributed by atoms with Crippen molar-refractivity contribution in [1.82, 2.24) is 10.1 Å². The summed E-state index contributed by atoms with van der Waals surface area (Å²) in [5.74, 6) is -0.797. The van der Waals surface area contributed by atoms with E-state index in [1.807, 2.05) is 0 Å². The molecule has 0 bridgehead atoms. The van der Waals surface area contributed by atoms with Gasteiger partial charge < -0.3 is 9.63 Å². The van der Waals surface area contributed by atoms with Gasteiger partial charge in [0.05, 0.1) is 11.0 Å². The van der Waals surface area contributed by atoms with E-state index in [4.69, 9.17) is 4.52 Å². The van der Waals surface area contributed by atoms with E-state index in [0.717, 1.165) is 18.2 Å². The molecule has 0 saturated heterocycles. The summed E-state index contributed by atoms with van der Waals surface area (Å²) >= 11 is 0. The van der Waals surface area contributed by atoms with Gasteiger partial charge in [-0.2, -0.15) is 4.98 Å². The molecular formula is C11H10FN3O4. The highest BCUT2D eigenvalue weighted by atomic mass is 19.1. The summed E-state index contributed by atoms with van der Waals surface area (Å²) in [5, 5.41) is 23.7. The second kappa shape index (κ2) is 5.11. The van der Waals surface area contributed by atoms with Gasteiger partial charge in [0, 0.05) is 11.6 Å². The number of nitro benzene ring substituents is 1. The van der Waals surface area contributed by atoms with E-state index in [0.29, 0.717) is 6.42 Å². The van der Waals surface area contributed by atoms with Gasteiger partial charge in [-0.3, -0.25) is 10.1 Å². The van der Waals surface area contributed by atoms with Crippen LogP contribution in [0.5, 0.6) is 0 Å². The van der Waals surface area contributed by atoms with Crippen molar-refractivity contribution in [2.45, 2.75) is 19.4 Å². The molecule has 0 amide bonds. The van der Waals surface area contributed by atoms with Crippen LogP contribution < -0.4 is 0 Å². The highest BCUT2D eigenvalue weighted by molar-refractivity contribution is 5.57. The van der Waals surface area contributed by atoms with Gasteiger partial charge in [0.1, 0.15) is 11.9 Å². The Hall–Kier alpha value is -2.35. The lowest BCUT2D eigenvalue weighted by Crippen LogP contribution is -1.97. The molecule has 1 N–H and O–H groups in total. The van der Waals surface area contributed by atoms with E-state index < -0.39 is 22.5 Å². The molecule has 2 aromatic rings. The molecule has 0 aliphatic heterocycles. The average Bonchev–Trinajstić information content (AvgIpc) is 2.86. The molecule has 0 spiro atoms. The van der Waals surface area contributed by atoms with Gasteiger partial charge in [0.25, 0.3) is 11.6 Å². The van der Waals surface area contributed by atoms with E-state index in [-0.39, 0.29) is 17.3 Å². The van der Waals surface area contributed by atoms with Crippen LogP contribution in [0.2, 0.25) is 0 Å². The number of benzene rings is 1. The normalized spacial score (nSPS) is 12.4. The largest absolute Gasteiger partial charge is 0.385 e. The Morgan fingerprint density at radius 2 is 2.26 bits per heavy atom. The van der Waals surface area contributed by atoms with E-state index in [2.05, 4.69) is 10.1 Å². The van der Waals surface area contributed by atoms with E-state index >= 15 is 0 Å². The zero-order valence-electron chi connectivity index (χ0n) is 9.91. The fraction of sp³-hybridized carbons (Fsp3) is 0.273. The minimum absolute atomic E-state index is 0.0596. The van der Waals surface area contributed by atoms with Crippen LogP contribution in [0, 0.1) is 15.9 Å². The smallest absolute Gasteiger partial charge is 0.273 e. The second-order valence-corrected chi connectivity index (χ2v) is 3.84. The zero-order valence-corrected chi connectivity index (χ0v) is 9.91. The number of halogens is 1. The first-order chi connectivity index (χ1) is 9.01. The number of rotatable bonds is 4. The highest BCUT2D eigenvalue weighted by Gasteiger charge is 2.18. The third-order valence-electron chi connectivity index (χ3n) is 2.47. The number of hydrogen-bond donors (Lipinski definition) is 1. The van der Waals surface area contributed by atoms with Crippen LogP contribution in [-0.2, 0) is 0 Å². The standard InChI is InChI=1S/C11H10FN3O4/c1-2-9(16)10-13-11(19-14-10)6-3-7(12)5-8(4-6)15(17)18/h3-5,9,16H,2H2,1H3. The van der Waals surface area contributed by atoms with Gasteiger partial charge >= 0.3 is 0 Å². The molecule has 0 fully saturated rings. The molecule has 7 nitrogen and oxygen atoms in total. The van der Waals surface area contributed by atoms with Crippen molar-refractivity contribution in [3.8, 4) is 11.5 Å². The minimum atomic E-state index is -0.888. The number of aliphatic hydroxyl groups excluding tert-OH is 1. The zero-order chi connectivity index (χ0) is 14.0. The van der Waals surface area contributed by atoms with Crippen LogP contribution in [0.4, 0.5) is 10.1 Å². The van der Waals surface area contributed by atoms with Crippen LogP contribution >= 0.6 is 0 Å². The summed E-state index contributed by atoms with van der Waals surface area (Å²) in [6, 6.07) is 2.96. The molecule has 8 heteroatoms. The summed E-state index contributed by atoms with van der Waals surface area (Å²) in [5.41, 5.74) is -0.320. The fourth-order valence-electron chi connectivity index (χ4n) is 1.47. The molecule has 1 atom stereocenters. The number of aliphatic hydroxyl groups is 1. The molecular weight excluding hydrogens is 257 g/mol. The maximum atomic E-state index is 13.3. The second-order valence-electron chi connectivity index (χ2n) is 3.84. The van der Waals surface area contributed by atoms with Crippen LogP contribution in [0.1, 0.15) is 25.3 Å². The predicted molar refractivity (Wildman–Crippen MR) is 61.6 cm³/mol. The topological polar surface area (TPSA) is 102 Å². The molecule has 19 heavy (non-hydrogen) atoms. The van der Waals surface area contributed by atoms with Gasteiger partial charge in [-0.05, 0) is 12.5 Å². The summed E-state index contributed by atoms with van der Waals surface area (Å²) in [6.07, 6.45) is -0.497. The number of nitro groups is 1. The molecule has 0 aliphatic carbocycles. The quantitative estimate of drug-likeness (QED) is 0.673. The van der Waals surface area contributed by atoms with Crippen molar-refractivity contribution in [2.75, 3.05) is 0 Å². The fourth-order valence-corrected chi connectivity index (χ4v) is 1.47. The van der Waals surface area contributed by atoms with Crippen LogP contribution in [0.25, 0.3) is 11.5 Å². The van der Waals surface area contributed by atoms with Crippen molar-refractivity contribution < 1.29 is 18.9 Å². The van der Waals surface area contributed by atoms with Crippen LogP contribution in [0.15, 0.2) is 22.7 Å². The molecule has 1 unspecified atom stereocenters. The molecule has 100 valence electrons. The monoisotopic (exact) mass is 267 g/mol. The van der Waals surface area contributed by atoms with Crippen molar-refractivity contribution in [3.63, 3.8) is 0 Å². The van der Waals surface area contributed by atoms with Gasteiger partial charge in [0.2, 0.25) is 5.82 Å². The first-order valence-corrected chi connectivity index (χ1v) is 5.48. The van der Waals surface area contributed by atoms with Gasteiger partial charge in [-0.25, -0.2) is 4.39 Å². The third-order valence-corrected chi connectivity index (χ3v) is 2.47. The molecule has 0 radical (unpaired) electrons. The minimum Gasteiger partial charge on any atom is -0.385 e. The average molecular weight is 267 g/mol. The Labute approximate surface area is 106 Å². The van der Waals surface area contributed by atoms with Crippen molar-refractivity contribution in [2.24, 2.45) is 0 Å². The third kappa shape index (κ3) is 2.74. The Balaban J connectivity index is 2.41. The number of hydrogen-bond acceptors (Lipinski definition) is 6. The molecule has 0 saturated carbocycles. The van der Waals surface area contributed by atoms with Crippen molar-refractivity contribution in [3.05, 3.63) is 40.0 Å². The number of non-ortho nitro benzene ring substituents is 1. The van der Waals surface area contributed by atoms with Crippen LogP contribution in [-0.4, -0.2) is 20.2 Å². The first-order valence-electron chi connectivity index (χ1n) is 5.48. The van der Waals surface area contributed by atoms with Crippen molar-refractivity contribution in [1.29, 1.82) is 0 Å². The van der Waals surface area contributed by atoms with Crippen LogP contribution in [0.3, 0.4) is 0 Å². The maximum Gasteiger partial charge on any atom is 0.273 e. The SMILES string of the molecule is CCC(O)c1noc(-c2cc(F)cc([N+](=O)[O-])c2)n1. The summed E-state index contributed by atoms with van der Waals surface area (Å²) in [4.78, 5) is 13.8. The molecule has 1 heterocycles. The summed E-state index contributed by atoms with van der Waals surface area (Å²) in [7, 11) is 0. The maximum absolute atomic E-state index is 13.3. The molecule has 1 aromatic carbocycles. The van der Waals surface area contributed by atoms with E-state index in [1.165, 1.54) is 0 Å². The van der Waals surface area contributed by atoms with Crippen molar-refractivity contribution >= 4 is 5.69 Å². The lowest BCUT2D eigenvalue weighted by atomic mass is 10.2. The van der Waals surface area contributed by atoms with E-state index in [1.54, 1.807) is 6.92 Å². The lowest BCUT2D eigenvalue weighted by molar-refractivity contribution is -0.385. The molecule has 0 aliphatic rings. The molecule has 1 aromatic heterocycles. The molecule has 2 rings (SSSR count). The van der Waals surface area contributed by atoms with Gasteiger partial charge in [0.15, 0.2) is 0 Å². The Morgan fingerprint density at radius 3 is 2.89 bits per heavy atom. The number of nitrogens with zero attached hydrogens (tertiary/aromatic N) is 3. The summed E-state index contributed by atoms with van der Waals surface area (Å²) in [6.45, 7) is 1.73. The van der Waals surface area contributed by atoms with Gasteiger partial charge in [-0.1, -0.05) is 12.1 Å². The predicted octanol–water partition coefficient (Wildman–Crippen LogP) is 2.23. The first kappa shape index (κ1) is 13.1. The Bertz CT molecular complexity index is 614. The Kier molecular flexibility index (Phi) is 3.52. The lowest BCUT2D eigenvalue weighted by Gasteiger charge is -1.98.